The minimum Gasteiger partial charge on any atom is -0.492 e. The maximum absolute atomic E-state index is 5.54. The van der Waals surface area contributed by atoms with Gasteiger partial charge < -0.3 is 14.4 Å². The van der Waals surface area contributed by atoms with Gasteiger partial charge in [-0.25, -0.2) is 0 Å². The van der Waals surface area contributed by atoms with Crippen LogP contribution in [0, 0.1) is 0 Å². The van der Waals surface area contributed by atoms with Crippen molar-refractivity contribution < 1.29 is 9.47 Å². The van der Waals surface area contributed by atoms with E-state index >= 15 is 0 Å². The van der Waals surface area contributed by atoms with Crippen molar-refractivity contribution >= 4 is 21.6 Å². The number of halogens is 1. The molecule has 0 radical (unpaired) electrons. The molecule has 0 aliphatic carbocycles. The van der Waals surface area contributed by atoms with Crippen LogP contribution in [0.25, 0.3) is 11.3 Å². The van der Waals surface area contributed by atoms with Crippen molar-refractivity contribution in [1.29, 1.82) is 0 Å². The van der Waals surface area contributed by atoms with E-state index in [1.807, 2.05) is 43.3 Å². The van der Waals surface area contributed by atoms with Gasteiger partial charge in [0.15, 0.2) is 5.75 Å². The molecule has 1 aromatic heterocycles. The van der Waals surface area contributed by atoms with Crippen LogP contribution in [0.5, 0.6) is 11.6 Å². The highest BCUT2D eigenvalue weighted by Gasteiger charge is 2.20. The standard InChI is InChI=1S/C14H16BrN3O2/c1-18(2)12-13(19-3)11(16-17-14(12)20-4)9-6-5-7-10(15)8-9/h5-8H,1-4H3. The van der Waals surface area contributed by atoms with Crippen molar-refractivity contribution in [1.82, 2.24) is 10.2 Å². The second-order valence-corrected chi connectivity index (χ2v) is 5.26. The largest absolute Gasteiger partial charge is 0.492 e. The Balaban J connectivity index is 2.68. The third-order valence-corrected chi connectivity index (χ3v) is 3.31. The van der Waals surface area contributed by atoms with Crippen LogP contribution < -0.4 is 14.4 Å². The molecule has 0 saturated carbocycles. The highest BCUT2D eigenvalue weighted by Crippen LogP contribution is 2.41. The highest BCUT2D eigenvalue weighted by atomic mass is 79.9. The smallest absolute Gasteiger partial charge is 0.260 e. The lowest BCUT2D eigenvalue weighted by Gasteiger charge is -2.20. The molecule has 0 N–H and O–H groups in total. The molecule has 1 aromatic carbocycles. The molecule has 0 atom stereocenters. The van der Waals surface area contributed by atoms with E-state index in [1.54, 1.807) is 14.2 Å². The van der Waals surface area contributed by atoms with Crippen molar-refractivity contribution in [2.75, 3.05) is 33.2 Å². The zero-order valence-corrected chi connectivity index (χ0v) is 13.4. The lowest BCUT2D eigenvalue weighted by molar-refractivity contribution is 0.377. The summed E-state index contributed by atoms with van der Waals surface area (Å²) in [5, 5.41) is 8.35. The van der Waals surface area contributed by atoms with Crippen LogP contribution >= 0.6 is 15.9 Å². The second kappa shape index (κ2) is 6.09. The monoisotopic (exact) mass is 337 g/mol. The van der Waals surface area contributed by atoms with Gasteiger partial charge in [-0.3, -0.25) is 0 Å². The van der Waals surface area contributed by atoms with Gasteiger partial charge in [-0.05, 0) is 12.1 Å². The summed E-state index contributed by atoms with van der Waals surface area (Å²) in [5.74, 6) is 1.07. The predicted molar refractivity (Wildman–Crippen MR) is 82.6 cm³/mol. The van der Waals surface area contributed by atoms with Crippen LogP contribution in [0.15, 0.2) is 28.7 Å². The van der Waals surface area contributed by atoms with Crippen LogP contribution in [0.4, 0.5) is 5.69 Å². The molecule has 0 fully saturated rings. The van der Waals surface area contributed by atoms with Gasteiger partial charge in [0.1, 0.15) is 11.4 Å². The van der Waals surface area contributed by atoms with Gasteiger partial charge >= 0.3 is 0 Å². The fourth-order valence-electron chi connectivity index (χ4n) is 1.95. The number of aromatic nitrogens is 2. The summed E-state index contributed by atoms with van der Waals surface area (Å²) in [6.45, 7) is 0. The maximum Gasteiger partial charge on any atom is 0.260 e. The van der Waals surface area contributed by atoms with Crippen LogP contribution in [-0.4, -0.2) is 38.5 Å². The van der Waals surface area contributed by atoms with Crippen LogP contribution in [-0.2, 0) is 0 Å². The molecule has 0 spiro atoms. The Labute approximate surface area is 126 Å². The third-order valence-electron chi connectivity index (χ3n) is 2.82. The number of hydrogen-bond acceptors (Lipinski definition) is 5. The van der Waals surface area contributed by atoms with Gasteiger partial charge in [0.25, 0.3) is 5.88 Å². The Morgan fingerprint density at radius 2 is 1.85 bits per heavy atom. The zero-order valence-electron chi connectivity index (χ0n) is 11.8. The summed E-state index contributed by atoms with van der Waals surface area (Å²) in [6, 6.07) is 7.83. The first-order chi connectivity index (χ1) is 9.58. The summed E-state index contributed by atoms with van der Waals surface area (Å²) < 4.78 is 11.8. The van der Waals surface area contributed by atoms with E-state index in [0.717, 1.165) is 15.7 Å². The van der Waals surface area contributed by atoms with E-state index in [9.17, 15) is 0 Å². The molecule has 0 aliphatic heterocycles. The highest BCUT2D eigenvalue weighted by molar-refractivity contribution is 9.10. The lowest BCUT2D eigenvalue weighted by atomic mass is 10.1. The molecule has 0 unspecified atom stereocenters. The first kappa shape index (κ1) is 14.6. The molecule has 0 saturated heterocycles. The van der Waals surface area contributed by atoms with Crippen LogP contribution in [0.3, 0.4) is 0 Å². The van der Waals surface area contributed by atoms with E-state index in [2.05, 4.69) is 26.1 Å². The van der Waals surface area contributed by atoms with Crippen molar-refractivity contribution in [3.8, 4) is 22.9 Å². The lowest BCUT2D eigenvalue weighted by Crippen LogP contribution is -2.14. The zero-order chi connectivity index (χ0) is 14.7. The number of nitrogens with zero attached hydrogens (tertiary/aromatic N) is 3. The van der Waals surface area contributed by atoms with Gasteiger partial charge in [-0.1, -0.05) is 28.1 Å². The summed E-state index contributed by atoms with van der Waals surface area (Å²) in [7, 11) is 7.00. The average Bonchev–Trinajstić information content (AvgIpc) is 2.45. The maximum atomic E-state index is 5.54. The van der Waals surface area contributed by atoms with Crippen molar-refractivity contribution in [2.24, 2.45) is 0 Å². The Morgan fingerprint density at radius 3 is 2.40 bits per heavy atom. The van der Waals surface area contributed by atoms with Gasteiger partial charge in [-0.2, -0.15) is 0 Å². The molecular weight excluding hydrogens is 322 g/mol. The quantitative estimate of drug-likeness (QED) is 0.858. The van der Waals surface area contributed by atoms with E-state index in [-0.39, 0.29) is 0 Å². The van der Waals surface area contributed by atoms with Gasteiger partial charge in [0, 0.05) is 24.1 Å². The van der Waals surface area contributed by atoms with E-state index in [0.29, 0.717) is 17.3 Å². The first-order valence-corrected chi connectivity index (χ1v) is 6.79. The number of rotatable bonds is 4. The predicted octanol–water partition coefficient (Wildman–Crippen LogP) is 2.99. The Morgan fingerprint density at radius 1 is 1.10 bits per heavy atom. The van der Waals surface area contributed by atoms with Gasteiger partial charge in [0.05, 0.1) is 14.2 Å². The molecule has 6 heteroatoms. The summed E-state index contributed by atoms with van der Waals surface area (Å²) in [6.07, 6.45) is 0. The average molecular weight is 338 g/mol. The minimum absolute atomic E-state index is 0.436. The SMILES string of the molecule is COc1nnc(-c2cccc(Br)c2)c(OC)c1N(C)C. The molecule has 5 nitrogen and oxygen atoms in total. The fourth-order valence-corrected chi connectivity index (χ4v) is 2.35. The Kier molecular flexibility index (Phi) is 4.44. The van der Waals surface area contributed by atoms with Crippen molar-refractivity contribution in [3.05, 3.63) is 28.7 Å². The number of benzene rings is 1. The van der Waals surface area contributed by atoms with Crippen molar-refractivity contribution in [3.63, 3.8) is 0 Å². The molecule has 2 rings (SSSR count). The van der Waals surface area contributed by atoms with Crippen LogP contribution in [0.1, 0.15) is 0 Å². The number of anilines is 1. The van der Waals surface area contributed by atoms with E-state index in [4.69, 9.17) is 9.47 Å². The van der Waals surface area contributed by atoms with Crippen LogP contribution in [0.2, 0.25) is 0 Å². The minimum atomic E-state index is 0.436. The van der Waals surface area contributed by atoms with Gasteiger partial charge in [0.2, 0.25) is 0 Å². The third kappa shape index (κ3) is 2.70. The Hall–Kier alpha value is -1.82. The summed E-state index contributed by atoms with van der Waals surface area (Å²) >= 11 is 3.46. The molecular formula is C14H16BrN3O2. The first-order valence-electron chi connectivity index (χ1n) is 6.00. The molecule has 0 aliphatic rings. The molecule has 106 valence electrons. The number of ether oxygens (including phenoxy) is 2. The second-order valence-electron chi connectivity index (χ2n) is 4.34. The Bertz CT molecular complexity index is 617. The number of methoxy groups -OCH3 is 2. The van der Waals surface area contributed by atoms with E-state index < -0.39 is 0 Å². The number of hydrogen-bond donors (Lipinski definition) is 0. The van der Waals surface area contributed by atoms with E-state index in [1.165, 1.54) is 0 Å². The van der Waals surface area contributed by atoms with Gasteiger partial charge in [-0.15, -0.1) is 10.2 Å². The summed E-state index contributed by atoms with van der Waals surface area (Å²) in [5.41, 5.74) is 2.37. The molecule has 1 heterocycles. The fraction of sp³-hybridized carbons (Fsp3) is 0.286. The molecule has 20 heavy (non-hydrogen) atoms. The topological polar surface area (TPSA) is 47.5 Å². The molecule has 2 aromatic rings. The molecule has 0 amide bonds. The molecule has 0 bridgehead atoms. The normalized spacial score (nSPS) is 10.2. The summed E-state index contributed by atoms with van der Waals surface area (Å²) in [4.78, 5) is 1.90. The van der Waals surface area contributed by atoms with Crippen molar-refractivity contribution in [2.45, 2.75) is 0 Å².